The zero-order valence-electron chi connectivity index (χ0n) is 26.9. The quantitative estimate of drug-likeness (QED) is 0.143. The number of nitrogens with zero attached hydrogens (tertiary/aromatic N) is 3. The number of pyridine rings is 1. The van der Waals surface area contributed by atoms with Crippen LogP contribution in [0.2, 0.25) is 0 Å². The predicted octanol–water partition coefficient (Wildman–Crippen LogP) is 11.5. The van der Waals surface area contributed by atoms with Gasteiger partial charge < -0.3 is 0 Å². The summed E-state index contributed by atoms with van der Waals surface area (Å²) in [6, 6.07) is 53.9. The van der Waals surface area contributed by atoms with Crippen molar-refractivity contribution in [2.24, 2.45) is 0 Å². The molecule has 0 saturated heterocycles. The Bertz CT molecular complexity index is 2960. The molecule has 0 fully saturated rings. The summed E-state index contributed by atoms with van der Waals surface area (Å²) >= 11 is 0. The Morgan fingerprint density at radius 1 is 0.420 bits per heavy atom. The van der Waals surface area contributed by atoms with E-state index in [1.165, 1.54) is 76.1 Å². The van der Waals surface area contributed by atoms with Crippen LogP contribution in [0.3, 0.4) is 0 Å². The van der Waals surface area contributed by atoms with Crippen LogP contribution in [0.1, 0.15) is 5.56 Å². The number of aromatic nitrogens is 1. The van der Waals surface area contributed by atoms with Gasteiger partial charge in [0.15, 0.2) is 12.4 Å². The number of benzene rings is 7. The lowest BCUT2D eigenvalue weighted by atomic mass is 9.87. The molecule has 228 valence electrons. The second-order valence-corrected chi connectivity index (χ2v) is 12.8. The number of hydrogen-bond donors (Lipinski definition) is 0. The van der Waals surface area contributed by atoms with Crippen LogP contribution in [0.25, 0.3) is 98.7 Å². The van der Waals surface area contributed by atoms with E-state index in [0.717, 1.165) is 22.0 Å². The molecule has 0 aliphatic carbocycles. The summed E-state index contributed by atoms with van der Waals surface area (Å²) in [7, 11) is 0. The maximum absolute atomic E-state index is 9.62. The van der Waals surface area contributed by atoms with E-state index in [9.17, 15) is 10.5 Å². The number of fused-ring (bicyclic) bond motifs is 6. The fourth-order valence-electron chi connectivity index (χ4n) is 8.42. The molecule has 0 spiro atoms. The van der Waals surface area contributed by atoms with Gasteiger partial charge in [-0.25, -0.2) is 0 Å². The second kappa shape index (κ2) is 10.7. The molecular weight excluding hydrogens is 607 g/mol. The number of nitriles is 2. The van der Waals surface area contributed by atoms with Gasteiger partial charge in [-0.05, 0) is 99.9 Å². The summed E-state index contributed by atoms with van der Waals surface area (Å²) in [6.45, 7) is 0. The Hall–Kier alpha value is -7.07. The number of hydrogen-bond acceptors (Lipinski definition) is 2. The fourth-order valence-corrected chi connectivity index (χ4v) is 8.42. The van der Waals surface area contributed by atoms with Gasteiger partial charge in [-0.2, -0.15) is 15.1 Å². The van der Waals surface area contributed by atoms with E-state index in [1.54, 1.807) is 6.08 Å². The van der Waals surface area contributed by atoms with Crippen molar-refractivity contribution in [2.75, 3.05) is 0 Å². The Labute approximate surface area is 288 Å². The van der Waals surface area contributed by atoms with Gasteiger partial charge in [-0.1, -0.05) is 109 Å². The first-order chi connectivity index (χ1) is 24.8. The SMILES string of the molecule is N#CC(C#N)=Cc1ccc2c3c(-c4ccccc4)c4c5cccc6c(-[n+]7ccccc7)ccc(c4c(-c4ccccc4)c3c3cccc1c23)c65. The molecule has 0 saturated carbocycles. The third-order valence-corrected chi connectivity index (χ3v) is 10.3. The largest absolute Gasteiger partial charge is 0.218 e. The first kappa shape index (κ1) is 28.0. The highest BCUT2D eigenvalue weighted by molar-refractivity contribution is 6.46. The van der Waals surface area contributed by atoms with Crippen LogP contribution in [0, 0.1) is 22.7 Å². The molecule has 0 aliphatic rings. The van der Waals surface area contributed by atoms with E-state index in [2.05, 4.69) is 169 Å². The van der Waals surface area contributed by atoms with E-state index in [-0.39, 0.29) is 5.57 Å². The summed E-state index contributed by atoms with van der Waals surface area (Å²) < 4.78 is 2.20. The zero-order chi connectivity index (χ0) is 33.3. The third kappa shape index (κ3) is 3.81. The molecule has 50 heavy (non-hydrogen) atoms. The lowest BCUT2D eigenvalue weighted by Crippen LogP contribution is -2.29. The molecule has 9 aromatic carbocycles. The monoisotopic (exact) mass is 632 g/mol. The highest BCUT2D eigenvalue weighted by Crippen LogP contribution is 2.55. The minimum absolute atomic E-state index is 0.0906. The van der Waals surface area contributed by atoms with Gasteiger partial charge in [0.2, 0.25) is 5.69 Å². The molecule has 0 bridgehead atoms. The molecule has 0 unspecified atom stereocenters. The summed E-state index contributed by atoms with van der Waals surface area (Å²) in [6.07, 6.45) is 5.94. The van der Waals surface area contributed by atoms with Gasteiger partial charge in [-0.3, -0.25) is 0 Å². The van der Waals surface area contributed by atoms with Gasteiger partial charge in [0.05, 0.1) is 5.39 Å². The molecule has 0 amide bonds. The maximum Gasteiger partial charge on any atom is 0.218 e. The summed E-state index contributed by atoms with van der Waals surface area (Å²) in [5.74, 6) is 0. The number of rotatable bonds is 4. The lowest BCUT2D eigenvalue weighted by Gasteiger charge is -2.15. The van der Waals surface area contributed by atoms with Crippen molar-refractivity contribution in [2.45, 2.75) is 0 Å². The van der Waals surface area contributed by atoms with E-state index in [4.69, 9.17) is 0 Å². The van der Waals surface area contributed by atoms with Gasteiger partial charge in [0.25, 0.3) is 0 Å². The smallest absolute Gasteiger partial charge is 0.192 e. The zero-order valence-corrected chi connectivity index (χ0v) is 26.9. The van der Waals surface area contributed by atoms with Gasteiger partial charge in [0, 0.05) is 23.6 Å². The van der Waals surface area contributed by atoms with Crippen molar-refractivity contribution < 1.29 is 4.57 Å². The van der Waals surface area contributed by atoms with Crippen LogP contribution in [0.4, 0.5) is 0 Å². The van der Waals surface area contributed by atoms with E-state index in [0.29, 0.717) is 0 Å². The van der Waals surface area contributed by atoms with Crippen molar-refractivity contribution in [1.82, 2.24) is 0 Å². The highest BCUT2D eigenvalue weighted by atomic mass is 14.9. The first-order valence-electron chi connectivity index (χ1n) is 16.7. The Kier molecular flexibility index (Phi) is 6.00. The van der Waals surface area contributed by atoms with E-state index < -0.39 is 0 Å². The summed E-state index contributed by atoms with van der Waals surface area (Å²) in [5.41, 5.74) is 6.90. The topological polar surface area (TPSA) is 51.5 Å². The van der Waals surface area contributed by atoms with Crippen molar-refractivity contribution in [3.8, 4) is 40.1 Å². The van der Waals surface area contributed by atoms with Crippen LogP contribution >= 0.6 is 0 Å². The normalized spacial score (nSPS) is 11.6. The van der Waals surface area contributed by atoms with Crippen LogP contribution in [0.5, 0.6) is 0 Å². The van der Waals surface area contributed by atoms with Gasteiger partial charge in [0.1, 0.15) is 17.7 Å². The molecule has 0 radical (unpaired) electrons. The van der Waals surface area contributed by atoms with Gasteiger partial charge >= 0.3 is 0 Å². The number of allylic oxidation sites excluding steroid dienone is 1. The Balaban J connectivity index is 1.51. The molecule has 3 heteroatoms. The molecule has 1 heterocycles. The average Bonchev–Trinajstić information content (AvgIpc) is 3.70. The highest BCUT2D eigenvalue weighted by Gasteiger charge is 2.28. The van der Waals surface area contributed by atoms with E-state index >= 15 is 0 Å². The molecule has 3 nitrogen and oxygen atoms in total. The third-order valence-electron chi connectivity index (χ3n) is 10.3. The van der Waals surface area contributed by atoms with Crippen molar-refractivity contribution >= 4 is 70.7 Å². The minimum atomic E-state index is 0.0906. The van der Waals surface area contributed by atoms with Gasteiger partial charge in [-0.15, -0.1) is 0 Å². The van der Waals surface area contributed by atoms with Crippen molar-refractivity contribution in [3.05, 3.63) is 163 Å². The van der Waals surface area contributed by atoms with Crippen LogP contribution in [-0.4, -0.2) is 0 Å². The van der Waals surface area contributed by atoms with Crippen LogP contribution in [-0.2, 0) is 0 Å². The molecule has 1 aromatic heterocycles. The van der Waals surface area contributed by atoms with Crippen molar-refractivity contribution in [3.63, 3.8) is 0 Å². The van der Waals surface area contributed by atoms with E-state index in [1.807, 2.05) is 0 Å². The molecular formula is C47H26N3+. The first-order valence-corrected chi connectivity index (χ1v) is 16.7. The summed E-state index contributed by atoms with van der Waals surface area (Å²) in [4.78, 5) is 0. The second-order valence-electron chi connectivity index (χ2n) is 12.8. The standard InChI is InChI=1S/C47H26N3/c48-27-29(28-49)26-32-20-21-37-42-33(32)16-10-18-35(42)44-40(30-12-4-1-5-13-30)47-38-22-23-39(50-24-8-3-9-25-50)34-17-11-19-36(43(34)38)45(47)41(46(37)44)31-14-6-2-7-15-31/h1-26H/q+1. The Morgan fingerprint density at radius 2 is 0.880 bits per heavy atom. The molecule has 0 N–H and O–H groups in total. The predicted molar refractivity (Wildman–Crippen MR) is 205 cm³/mol. The fraction of sp³-hybridized carbons (Fsp3) is 0. The maximum atomic E-state index is 9.62. The average molecular weight is 633 g/mol. The molecule has 10 rings (SSSR count). The van der Waals surface area contributed by atoms with Crippen molar-refractivity contribution in [1.29, 1.82) is 10.5 Å². The van der Waals surface area contributed by atoms with Crippen LogP contribution in [0.15, 0.2) is 157 Å². The molecule has 0 aliphatic heterocycles. The van der Waals surface area contributed by atoms with Crippen LogP contribution < -0.4 is 4.57 Å². The minimum Gasteiger partial charge on any atom is -0.192 e. The summed E-state index contributed by atoms with van der Waals surface area (Å²) in [5, 5.41) is 33.7. The lowest BCUT2D eigenvalue weighted by molar-refractivity contribution is -0.594. The molecule has 0 atom stereocenters. The Morgan fingerprint density at radius 3 is 1.44 bits per heavy atom. The molecule has 10 aromatic rings.